The summed E-state index contributed by atoms with van der Waals surface area (Å²) in [6.45, 7) is 8.20. The number of hydrogen-bond acceptors (Lipinski definition) is 4. The van der Waals surface area contributed by atoms with Gasteiger partial charge in [0.05, 0.1) is 18.7 Å². The van der Waals surface area contributed by atoms with Crippen LogP contribution in [0.2, 0.25) is 0 Å². The summed E-state index contributed by atoms with van der Waals surface area (Å²) in [5, 5.41) is 13.4. The maximum atomic E-state index is 12.5. The van der Waals surface area contributed by atoms with Gasteiger partial charge in [-0.2, -0.15) is 5.10 Å². The number of carbonyl (C=O) groups excluding carboxylic acids is 1. The molecule has 0 unspecified atom stereocenters. The summed E-state index contributed by atoms with van der Waals surface area (Å²) >= 11 is 0. The maximum absolute atomic E-state index is 12.5. The summed E-state index contributed by atoms with van der Waals surface area (Å²) in [4.78, 5) is 16.7. The van der Waals surface area contributed by atoms with Gasteiger partial charge in [0.25, 0.3) is 0 Å². The van der Waals surface area contributed by atoms with Crippen LogP contribution in [0.3, 0.4) is 0 Å². The molecule has 1 aliphatic heterocycles. The number of rotatable bonds is 4. The number of carbonyl (C=O) groups is 1. The van der Waals surface area contributed by atoms with Crippen LogP contribution in [0.25, 0.3) is 0 Å². The van der Waals surface area contributed by atoms with Gasteiger partial charge in [0.15, 0.2) is 0 Å². The molecule has 0 bridgehead atoms. The van der Waals surface area contributed by atoms with Crippen LogP contribution in [-0.2, 0) is 18.3 Å². The highest BCUT2D eigenvalue weighted by Gasteiger charge is 2.21. The van der Waals surface area contributed by atoms with Crippen LogP contribution in [0.1, 0.15) is 23.4 Å². The molecule has 21 heavy (non-hydrogen) atoms. The normalized spacial score (nSPS) is 17.0. The highest BCUT2D eigenvalue weighted by molar-refractivity contribution is 5.79. The molecule has 6 heteroatoms. The van der Waals surface area contributed by atoms with Crippen LogP contribution in [0.4, 0.5) is 0 Å². The van der Waals surface area contributed by atoms with Gasteiger partial charge in [0, 0.05) is 44.5 Å². The zero-order valence-corrected chi connectivity index (χ0v) is 13.3. The van der Waals surface area contributed by atoms with Crippen LogP contribution in [0.5, 0.6) is 0 Å². The molecule has 0 radical (unpaired) electrons. The van der Waals surface area contributed by atoms with Crippen molar-refractivity contribution in [1.82, 2.24) is 19.6 Å². The van der Waals surface area contributed by atoms with Gasteiger partial charge in [-0.15, -0.1) is 0 Å². The summed E-state index contributed by atoms with van der Waals surface area (Å²) in [7, 11) is 1.91. The molecule has 0 saturated carbocycles. The predicted octanol–water partition coefficient (Wildman–Crippen LogP) is 0.106. The molecule has 1 aromatic rings. The molecule has 1 N–H and O–H groups in total. The second kappa shape index (κ2) is 7.04. The minimum absolute atomic E-state index is 0.181. The van der Waals surface area contributed by atoms with Crippen molar-refractivity contribution in [2.45, 2.75) is 26.7 Å². The van der Waals surface area contributed by atoms with E-state index < -0.39 is 0 Å². The minimum atomic E-state index is 0.181. The van der Waals surface area contributed by atoms with E-state index in [0.29, 0.717) is 13.0 Å². The first-order valence-corrected chi connectivity index (χ1v) is 7.63. The zero-order valence-electron chi connectivity index (χ0n) is 13.3. The molecule has 1 aliphatic rings. The second-order valence-corrected chi connectivity index (χ2v) is 5.75. The summed E-state index contributed by atoms with van der Waals surface area (Å²) in [6.07, 6.45) is 1.41. The topological polar surface area (TPSA) is 61.6 Å². The Morgan fingerprint density at radius 2 is 2.00 bits per heavy atom. The van der Waals surface area contributed by atoms with Crippen molar-refractivity contribution in [1.29, 1.82) is 0 Å². The van der Waals surface area contributed by atoms with Crippen LogP contribution >= 0.6 is 0 Å². The van der Waals surface area contributed by atoms with E-state index in [-0.39, 0.29) is 12.5 Å². The molecular formula is C15H26N4O2. The van der Waals surface area contributed by atoms with Crippen molar-refractivity contribution in [3.8, 4) is 0 Å². The van der Waals surface area contributed by atoms with Crippen LogP contribution in [-0.4, -0.2) is 69.9 Å². The number of β-amino-alcohol motifs (C(OH)–C–C–N with tert-alkyl or cyclic N) is 1. The number of aliphatic hydroxyl groups excluding tert-OH is 1. The van der Waals surface area contributed by atoms with Crippen LogP contribution in [0, 0.1) is 13.8 Å². The molecule has 0 aliphatic carbocycles. The highest BCUT2D eigenvalue weighted by atomic mass is 16.3. The largest absolute Gasteiger partial charge is 0.395 e. The van der Waals surface area contributed by atoms with Crippen LogP contribution < -0.4 is 0 Å². The Kier molecular flexibility index (Phi) is 5.36. The molecule has 1 aromatic heterocycles. The number of amides is 1. The van der Waals surface area contributed by atoms with Crippen LogP contribution in [0.15, 0.2) is 0 Å². The lowest BCUT2D eigenvalue weighted by atomic mass is 10.1. The summed E-state index contributed by atoms with van der Waals surface area (Å²) in [5.74, 6) is 0.181. The second-order valence-electron chi connectivity index (χ2n) is 5.75. The van der Waals surface area contributed by atoms with Gasteiger partial charge in [-0.25, -0.2) is 0 Å². The van der Waals surface area contributed by atoms with Crippen molar-refractivity contribution < 1.29 is 9.90 Å². The van der Waals surface area contributed by atoms with Gasteiger partial charge >= 0.3 is 0 Å². The van der Waals surface area contributed by atoms with E-state index in [1.54, 1.807) is 0 Å². The molecular weight excluding hydrogens is 268 g/mol. The number of nitrogens with zero attached hydrogens (tertiary/aromatic N) is 4. The molecule has 0 spiro atoms. The summed E-state index contributed by atoms with van der Waals surface area (Å²) < 4.78 is 1.84. The van der Waals surface area contributed by atoms with Gasteiger partial charge in [0.1, 0.15) is 0 Å². The number of aromatic nitrogens is 2. The maximum Gasteiger partial charge on any atom is 0.227 e. The quantitative estimate of drug-likeness (QED) is 0.856. The minimum Gasteiger partial charge on any atom is -0.395 e. The first-order chi connectivity index (χ1) is 10.0. The standard InChI is InChI=1S/C15H26N4O2/c1-12-14(13(2)17(3)16-12)11-15(21)19-6-4-5-18(7-8-19)9-10-20/h20H,4-11H2,1-3H3. The van der Waals surface area contributed by atoms with E-state index in [2.05, 4.69) is 10.00 Å². The van der Waals surface area contributed by atoms with Gasteiger partial charge < -0.3 is 10.0 Å². The SMILES string of the molecule is Cc1nn(C)c(C)c1CC(=O)N1CCCN(CCO)CC1. The zero-order chi connectivity index (χ0) is 15.4. The van der Waals surface area contributed by atoms with E-state index in [1.165, 1.54) is 0 Å². The molecule has 118 valence electrons. The number of hydrogen-bond donors (Lipinski definition) is 1. The summed E-state index contributed by atoms with van der Waals surface area (Å²) in [6, 6.07) is 0. The van der Waals surface area contributed by atoms with E-state index in [4.69, 9.17) is 5.11 Å². The Morgan fingerprint density at radius 1 is 1.24 bits per heavy atom. The highest BCUT2D eigenvalue weighted by Crippen LogP contribution is 2.14. The molecule has 1 saturated heterocycles. The van der Waals surface area contributed by atoms with Crippen molar-refractivity contribution in [2.24, 2.45) is 7.05 Å². The fourth-order valence-electron chi connectivity index (χ4n) is 2.92. The molecule has 6 nitrogen and oxygen atoms in total. The molecule has 0 atom stereocenters. The van der Waals surface area contributed by atoms with Gasteiger partial charge in [-0.1, -0.05) is 0 Å². The third-order valence-electron chi connectivity index (χ3n) is 4.34. The Hall–Kier alpha value is -1.40. The fourth-order valence-corrected chi connectivity index (χ4v) is 2.92. The molecule has 2 heterocycles. The average Bonchev–Trinajstić information content (AvgIpc) is 2.64. The lowest BCUT2D eigenvalue weighted by Gasteiger charge is -2.21. The fraction of sp³-hybridized carbons (Fsp3) is 0.733. The van der Waals surface area contributed by atoms with E-state index in [1.807, 2.05) is 30.5 Å². The Bertz CT molecular complexity index is 498. The van der Waals surface area contributed by atoms with Crippen molar-refractivity contribution in [3.63, 3.8) is 0 Å². The van der Waals surface area contributed by atoms with Crippen molar-refractivity contribution in [3.05, 3.63) is 17.0 Å². The Balaban J connectivity index is 1.97. The third kappa shape index (κ3) is 3.83. The van der Waals surface area contributed by atoms with Crippen molar-refractivity contribution >= 4 is 5.91 Å². The lowest BCUT2D eigenvalue weighted by Crippen LogP contribution is -2.36. The van der Waals surface area contributed by atoms with E-state index in [9.17, 15) is 4.79 Å². The first kappa shape index (κ1) is 16.0. The Labute approximate surface area is 126 Å². The molecule has 0 aromatic carbocycles. The van der Waals surface area contributed by atoms with Gasteiger partial charge in [0.2, 0.25) is 5.91 Å². The van der Waals surface area contributed by atoms with E-state index >= 15 is 0 Å². The van der Waals surface area contributed by atoms with Crippen molar-refractivity contribution in [2.75, 3.05) is 39.3 Å². The van der Waals surface area contributed by atoms with Gasteiger partial charge in [-0.3, -0.25) is 14.4 Å². The molecule has 1 fully saturated rings. The molecule has 1 amide bonds. The van der Waals surface area contributed by atoms with E-state index in [0.717, 1.165) is 49.6 Å². The Morgan fingerprint density at radius 3 is 2.62 bits per heavy atom. The monoisotopic (exact) mass is 294 g/mol. The molecule has 2 rings (SSSR count). The smallest absolute Gasteiger partial charge is 0.227 e. The average molecular weight is 294 g/mol. The summed E-state index contributed by atoms with van der Waals surface area (Å²) in [5.41, 5.74) is 3.07. The first-order valence-electron chi connectivity index (χ1n) is 7.63. The third-order valence-corrected chi connectivity index (χ3v) is 4.34. The predicted molar refractivity (Wildman–Crippen MR) is 81.1 cm³/mol. The number of aliphatic hydroxyl groups is 1. The number of aryl methyl sites for hydroxylation is 2. The lowest BCUT2D eigenvalue weighted by molar-refractivity contribution is -0.130. The van der Waals surface area contributed by atoms with Gasteiger partial charge in [-0.05, 0) is 26.8 Å².